The predicted molar refractivity (Wildman–Crippen MR) is 79.0 cm³/mol. The van der Waals surface area contributed by atoms with Crippen LogP contribution >= 0.6 is 0 Å². The lowest BCUT2D eigenvalue weighted by Crippen LogP contribution is -2.24. The molecule has 0 amide bonds. The Kier molecular flexibility index (Phi) is 7.44. The molecule has 118 valence electrons. The average Bonchev–Trinajstić information content (AvgIpc) is 2.47. The summed E-state index contributed by atoms with van der Waals surface area (Å²) < 4.78 is 0. The van der Waals surface area contributed by atoms with Crippen molar-refractivity contribution in [3.63, 3.8) is 0 Å². The third-order valence-electron chi connectivity index (χ3n) is 2.53. The molecule has 1 aromatic carbocycles. The minimum Gasteiger partial charge on any atom is -0.396 e. The van der Waals surface area contributed by atoms with Gasteiger partial charge in [0.2, 0.25) is 0 Å². The Morgan fingerprint density at radius 1 is 1.33 bits per heavy atom. The van der Waals surface area contributed by atoms with E-state index >= 15 is 0 Å². The monoisotopic (exact) mass is 299 g/mol. The lowest BCUT2D eigenvalue weighted by molar-refractivity contribution is -0.384. The molecule has 8 heteroatoms. The van der Waals surface area contributed by atoms with Gasteiger partial charge in [-0.25, -0.2) is 9.68 Å². The standard InChI is InChI=1S/C13H21N3O5/c1-3-20-16(21-4-2)11-6-7-12(14-8-5-9-17)13(10-11)15(18)19/h6-7,10,14,17H,3-5,8-9H2,1-2H3. The number of nitro groups is 1. The molecule has 0 saturated heterocycles. The van der Waals surface area contributed by atoms with Gasteiger partial charge in [-0.1, -0.05) is 0 Å². The molecule has 0 aromatic heterocycles. The van der Waals surface area contributed by atoms with Crippen LogP contribution in [-0.2, 0) is 9.68 Å². The van der Waals surface area contributed by atoms with E-state index in [1.165, 1.54) is 11.3 Å². The summed E-state index contributed by atoms with van der Waals surface area (Å²) in [7, 11) is 0. The second-order valence-electron chi connectivity index (χ2n) is 4.06. The molecule has 8 nitrogen and oxygen atoms in total. The van der Waals surface area contributed by atoms with Gasteiger partial charge in [0.05, 0.1) is 18.1 Å². The molecule has 0 saturated carbocycles. The molecule has 0 aliphatic heterocycles. The zero-order valence-corrected chi connectivity index (χ0v) is 12.2. The molecule has 0 bridgehead atoms. The Hall–Kier alpha value is -1.90. The van der Waals surface area contributed by atoms with Crippen molar-refractivity contribution in [3.05, 3.63) is 28.3 Å². The Balaban J connectivity index is 2.97. The minimum atomic E-state index is -0.471. The molecule has 0 fully saturated rings. The SMILES string of the molecule is CCON(OCC)c1ccc(NCCCO)c([N+](=O)[O-])c1. The highest BCUT2D eigenvalue weighted by atomic mass is 16.9. The van der Waals surface area contributed by atoms with E-state index in [4.69, 9.17) is 14.8 Å². The molecular weight excluding hydrogens is 278 g/mol. The maximum Gasteiger partial charge on any atom is 0.294 e. The van der Waals surface area contributed by atoms with Crippen molar-refractivity contribution in [2.45, 2.75) is 20.3 Å². The van der Waals surface area contributed by atoms with Gasteiger partial charge in [-0.2, -0.15) is 0 Å². The summed E-state index contributed by atoms with van der Waals surface area (Å²) in [5, 5.41) is 24.0. The van der Waals surface area contributed by atoms with E-state index in [0.29, 0.717) is 37.6 Å². The van der Waals surface area contributed by atoms with Crippen LogP contribution in [0.5, 0.6) is 0 Å². The van der Waals surface area contributed by atoms with Gasteiger partial charge in [-0.15, -0.1) is 5.23 Å². The van der Waals surface area contributed by atoms with Gasteiger partial charge in [0.25, 0.3) is 5.69 Å². The molecule has 1 rings (SSSR count). The van der Waals surface area contributed by atoms with Crippen molar-refractivity contribution < 1.29 is 19.7 Å². The fourth-order valence-corrected chi connectivity index (χ4v) is 1.66. The third-order valence-corrected chi connectivity index (χ3v) is 2.53. The number of anilines is 2. The van der Waals surface area contributed by atoms with Crippen molar-refractivity contribution in [3.8, 4) is 0 Å². The lowest BCUT2D eigenvalue weighted by atomic mass is 10.2. The number of benzene rings is 1. The van der Waals surface area contributed by atoms with Crippen LogP contribution in [0.4, 0.5) is 17.1 Å². The van der Waals surface area contributed by atoms with Gasteiger partial charge in [0.1, 0.15) is 11.4 Å². The van der Waals surface area contributed by atoms with Crippen molar-refractivity contribution in [2.24, 2.45) is 0 Å². The molecule has 0 heterocycles. The fourth-order valence-electron chi connectivity index (χ4n) is 1.66. The van der Waals surface area contributed by atoms with E-state index in [9.17, 15) is 10.1 Å². The number of aliphatic hydroxyl groups excluding tert-OH is 1. The van der Waals surface area contributed by atoms with E-state index in [-0.39, 0.29) is 12.3 Å². The maximum absolute atomic E-state index is 11.2. The number of hydrogen-bond acceptors (Lipinski definition) is 7. The summed E-state index contributed by atoms with van der Waals surface area (Å²) in [5.41, 5.74) is 0.762. The fraction of sp³-hybridized carbons (Fsp3) is 0.538. The van der Waals surface area contributed by atoms with E-state index in [2.05, 4.69) is 5.32 Å². The lowest BCUT2D eigenvalue weighted by Gasteiger charge is -2.21. The summed E-state index contributed by atoms with van der Waals surface area (Å²) in [4.78, 5) is 21.2. The first-order valence-electron chi connectivity index (χ1n) is 6.83. The van der Waals surface area contributed by atoms with Gasteiger partial charge in [0, 0.05) is 19.2 Å². The molecule has 0 atom stereocenters. The van der Waals surface area contributed by atoms with Gasteiger partial charge in [-0.3, -0.25) is 10.1 Å². The molecular formula is C13H21N3O5. The number of nitrogens with zero attached hydrogens (tertiary/aromatic N) is 2. The van der Waals surface area contributed by atoms with Crippen LogP contribution in [0.25, 0.3) is 0 Å². The highest BCUT2D eigenvalue weighted by Gasteiger charge is 2.18. The Morgan fingerprint density at radius 3 is 2.52 bits per heavy atom. The Morgan fingerprint density at radius 2 is 2.00 bits per heavy atom. The van der Waals surface area contributed by atoms with Gasteiger partial charge in [0.15, 0.2) is 0 Å². The van der Waals surface area contributed by atoms with Gasteiger partial charge in [-0.05, 0) is 32.4 Å². The highest BCUT2D eigenvalue weighted by molar-refractivity contribution is 5.67. The minimum absolute atomic E-state index is 0.0291. The van der Waals surface area contributed by atoms with Crippen molar-refractivity contribution >= 4 is 17.1 Å². The highest BCUT2D eigenvalue weighted by Crippen LogP contribution is 2.30. The van der Waals surface area contributed by atoms with E-state index in [1.54, 1.807) is 26.0 Å². The predicted octanol–water partition coefficient (Wildman–Crippen LogP) is 2.10. The van der Waals surface area contributed by atoms with Crippen LogP contribution in [0.3, 0.4) is 0 Å². The first-order valence-corrected chi connectivity index (χ1v) is 6.83. The van der Waals surface area contributed by atoms with E-state index in [1.807, 2.05) is 0 Å². The number of nitrogens with one attached hydrogen (secondary N) is 1. The summed E-state index contributed by atoms with van der Waals surface area (Å²) in [6, 6.07) is 4.64. The second kappa shape index (κ2) is 9.11. The summed E-state index contributed by atoms with van der Waals surface area (Å²) in [5.74, 6) is 0. The summed E-state index contributed by atoms with van der Waals surface area (Å²) in [6.45, 7) is 4.84. The largest absolute Gasteiger partial charge is 0.396 e. The molecule has 21 heavy (non-hydrogen) atoms. The molecule has 0 spiro atoms. The molecule has 0 radical (unpaired) electrons. The van der Waals surface area contributed by atoms with Crippen LogP contribution in [0.2, 0.25) is 0 Å². The van der Waals surface area contributed by atoms with Gasteiger partial charge >= 0.3 is 0 Å². The van der Waals surface area contributed by atoms with Crippen LogP contribution < -0.4 is 10.5 Å². The number of aliphatic hydroxyl groups is 1. The average molecular weight is 299 g/mol. The maximum atomic E-state index is 11.2. The zero-order valence-electron chi connectivity index (χ0n) is 12.2. The van der Waals surface area contributed by atoms with Crippen molar-refractivity contribution in [1.29, 1.82) is 0 Å². The topological polar surface area (TPSA) is 97.1 Å². The van der Waals surface area contributed by atoms with Crippen molar-refractivity contribution in [2.75, 3.05) is 36.9 Å². The van der Waals surface area contributed by atoms with E-state index < -0.39 is 4.92 Å². The van der Waals surface area contributed by atoms with Crippen LogP contribution in [-0.4, -0.2) is 36.4 Å². The number of nitro benzene ring substituents is 1. The summed E-state index contributed by atoms with van der Waals surface area (Å²) >= 11 is 0. The first-order chi connectivity index (χ1) is 10.1. The van der Waals surface area contributed by atoms with E-state index in [0.717, 1.165) is 0 Å². The summed E-state index contributed by atoms with van der Waals surface area (Å²) in [6.07, 6.45) is 0.517. The second-order valence-corrected chi connectivity index (χ2v) is 4.06. The molecule has 0 unspecified atom stereocenters. The Labute approximate surface area is 123 Å². The molecule has 2 N–H and O–H groups in total. The van der Waals surface area contributed by atoms with Crippen LogP contribution in [0.15, 0.2) is 18.2 Å². The number of rotatable bonds is 10. The molecule has 1 aromatic rings. The normalized spacial score (nSPS) is 10.4. The van der Waals surface area contributed by atoms with Gasteiger partial charge < -0.3 is 10.4 Å². The third kappa shape index (κ3) is 5.18. The number of hydrogen-bond donors (Lipinski definition) is 2. The van der Waals surface area contributed by atoms with Crippen LogP contribution in [0.1, 0.15) is 20.3 Å². The Bertz CT molecular complexity index is 449. The first kappa shape index (κ1) is 17.2. The van der Waals surface area contributed by atoms with Crippen molar-refractivity contribution in [1.82, 2.24) is 0 Å². The smallest absolute Gasteiger partial charge is 0.294 e. The molecule has 0 aliphatic carbocycles. The molecule has 0 aliphatic rings. The zero-order chi connectivity index (χ0) is 15.7. The van der Waals surface area contributed by atoms with Crippen LogP contribution in [0, 0.1) is 10.1 Å². The quantitative estimate of drug-likeness (QED) is 0.388.